The maximum Gasteiger partial charge on any atom is 0.333 e. The molecule has 0 saturated carbocycles. The van der Waals surface area contributed by atoms with Gasteiger partial charge in [-0.3, -0.25) is 0 Å². The second-order valence-electron chi connectivity index (χ2n) is 24.0. The van der Waals surface area contributed by atoms with E-state index in [1.54, 1.807) is 0 Å². The van der Waals surface area contributed by atoms with Gasteiger partial charge in [0.05, 0.1) is 5.69 Å². The Hall–Kier alpha value is -6.00. The summed E-state index contributed by atoms with van der Waals surface area (Å²) < 4.78 is 2.74. The first-order valence-electron chi connectivity index (χ1n) is 23.9. The van der Waals surface area contributed by atoms with Crippen LogP contribution in [0, 0.1) is 0 Å². The van der Waals surface area contributed by atoms with Crippen LogP contribution in [0.15, 0.2) is 133 Å². The van der Waals surface area contributed by atoms with E-state index in [2.05, 4.69) is 245 Å². The van der Waals surface area contributed by atoms with Crippen molar-refractivity contribution in [3.05, 3.63) is 167 Å². The zero-order valence-corrected chi connectivity index (χ0v) is 41.1. The van der Waals surface area contributed by atoms with Crippen LogP contribution < -0.4 is 20.7 Å². The molecule has 65 heavy (non-hydrogen) atoms. The van der Waals surface area contributed by atoms with E-state index in [0.29, 0.717) is 0 Å². The molecule has 0 saturated heterocycles. The van der Waals surface area contributed by atoms with E-state index in [0.717, 1.165) is 17.1 Å². The fourth-order valence-corrected chi connectivity index (χ4v) is 11.3. The molecule has 4 heterocycles. The van der Waals surface area contributed by atoms with Crippen molar-refractivity contribution in [3.63, 3.8) is 0 Å². The van der Waals surface area contributed by atoms with Crippen LogP contribution in [0.2, 0.25) is 0 Å². The number of hydrogen-bond acceptors (Lipinski definition) is 2. The summed E-state index contributed by atoms with van der Waals surface area (Å²) in [5, 5.41) is 2.68. The second-order valence-corrected chi connectivity index (χ2v) is 24.0. The highest BCUT2D eigenvalue weighted by Crippen LogP contribution is 2.56. The molecule has 326 valence electrons. The van der Waals surface area contributed by atoms with Crippen LogP contribution in [-0.4, -0.2) is 11.3 Å². The number of rotatable bonds is 3. The topological polar surface area (TPSA) is 11.4 Å². The van der Waals surface area contributed by atoms with E-state index in [1.807, 2.05) is 0 Å². The smallest absolute Gasteiger partial charge is 0.333 e. The highest BCUT2D eigenvalue weighted by Gasteiger charge is 2.48. The van der Waals surface area contributed by atoms with Gasteiger partial charge in [0.15, 0.2) is 0 Å². The Bertz CT molecular complexity index is 3200. The molecule has 3 nitrogen and oxygen atoms in total. The third-order valence-corrected chi connectivity index (χ3v) is 15.2. The second kappa shape index (κ2) is 13.5. The number of anilines is 6. The van der Waals surface area contributed by atoms with Gasteiger partial charge in [-0.15, -0.1) is 0 Å². The van der Waals surface area contributed by atoms with Gasteiger partial charge in [-0.2, -0.15) is 0 Å². The number of para-hydroxylation sites is 2. The summed E-state index contributed by atoms with van der Waals surface area (Å²) in [5.74, 6) is 0. The molecule has 1 aromatic heterocycles. The molecule has 0 radical (unpaired) electrons. The maximum absolute atomic E-state index is 2.74. The van der Waals surface area contributed by atoms with E-state index in [4.69, 9.17) is 0 Å². The summed E-state index contributed by atoms with van der Waals surface area (Å²) in [6, 6.07) is 52.4. The van der Waals surface area contributed by atoms with Crippen molar-refractivity contribution in [3.8, 4) is 11.1 Å². The summed E-state index contributed by atoms with van der Waals surface area (Å²) >= 11 is 0. The first-order chi connectivity index (χ1) is 30.5. The van der Waals surface area contributed by atoms with Crippen molar-refractivity contribution in [1.82, 2.24) is 4.48 Å². The molecule has 0 N–H and O–H groups in total. The number of fused-ring (bicyclic) bond motifs is 9. The highest BCUT2D eigenvalue weighted by atomic mass is 15.2. The van der Waals surface area contributed by atoms with E-state index in [1.165, 1.54) is 94.3 Å². The summed E-state index contributed by atoms with van der Waals surface area (Å²) in [7, 11) is 0. The fourth-order valence-electron chi connectivity index (χ4n) is 11.3. The van der Waals surface area contributed by atoms with Crippen LogP contribution in [0.25, 0.3) is 32.9 Å². The molecule has 0 bridgehead atoms. The monoisotopic (exact) mass is 850 g/mol. The molecule has 4 heteroatoms. The molecule has 0 atom stereocenters. The molecule has 8 aromatic rings. The zero-order chi connectivity index (χ0) is 45.9. The average molecular weight is 850 g/mol. The van der Waals surface area contributed by atoms with Crippen LogP contribution in [0.1, 0.15) is 130 Å². The molecular formula is C61H64BN3. The van der Waals surface area contributed by atoms with Gasteiger partial charge in [-0.25, -0.2) is 0 Å². The lowest BCUT2D eigenvalue weighted by Crippen LogP contribution is -2.58. The van der Waals surface area contributed by atoms with Gasteiger partial charge in [-0.1, -0.05) is 164 Å². The van der Waals surface area contributed by atoms with E-state index >= 15 is 0 Å². The van der Waals surface area contributed by atoms with E-state index in [-0.39, 0.29) is 33.9 Å². The molecule has 0 spiro atoms. The van der Waals surface area contributed by atoms with E-state index < -0.39 is 0 Å². The normalized spacial score (nSPS) is 15.0. The van der Waals surface area contributed by atoms with E-state index in [9.17, 15) is 0 Å². The lowest BCUT2D eigenvalue weighted by molar-refractivity contribution is 0.590. The van der Waals surface area contributed by atoms with Crippen molar-refractivity contribution < 1.29 is 0 Å². The molecule has 7 aromatic carbocycles. The largest absolute Gasteiger partial charge is 0.375 e. The third kappa shape index (κ3) is 6.15. The van der Waals surface area contributed by atoms with Gasteiger partial charge in [0.2, 0.25) is 0 Å². The summed E-state index contributed by atoms with van der Waals surface area (Å²) in [6.07, 6.45) is 0. The lowest BCUT2D eigenvalue weighted by atomic mass is 9.44. The Morgan fingerprint density at radius 1 is 0.462 bits per heavy atom. The molecule has 3 aliphatic rings. The minimum Gasteiger partial charge on any atom is -0.375 e. The Balaban J connectivity index is 1.30. The van der Waals surface area contributed by atoms with Crippen LogP contribution >= 0.6 is 0 Å². The van der Waals surface area contributed by atoms with Gasteiger partial charge in [0.1, 0.15) is 0 Å². The lowest BCUT2D eigenvalue weighted by Gasteiger charge is -2.48. The number of nitrogens with zero attached hydrogens (tertiary/aromatic N) is 3. The van der Waals surface area contributed by atoms with Crippen molar-refractivity contribution >= 4 is 73.7 Å². The van der Waals surface area contributed by atoms with Crippen LogP contribution in [0.4, 0.5) is 34.1 Å². The van der Waals surface area contributed by atoms with Gasteiger partial charge in [-0.05, 0) is 138 Å². The standard InChI is InChI=1S/C61H64BN3/c1-57(2,3)37-22-27-41(28-23-37)63(42-29-24-38(25-30-42)58(4,5)6)43-35-45-47-34-40(60(10,11)12)33-46-44-32-39(59(7,8)9)26-31-51(44)65(55(46)47)62-50-20-17-19-49-56(50)64(53(36-43)54(45)62)52-21-16-15-18-48(52)61(49,13)14/h15-36H,1-14H3. The predicted octanol–water partition coefficient (Wildman–Crippen LogP) is 15.5. The molecule has 11 rings (SSSR count). The summed E-state index contributed by atoms with van der Waals surface area (Å²) in [4.78, 5) is 5.16. The highest BCUT2D eigenvalue weighted by molar-refractivity contribution is 6.90. The summed E-state index contributed by atoms with van der Waals surface area (Å²) in [6.45, 7) is 32.7. The average Bonchev–Trinajstić information content (AvgIpc) is 3.57. The first-order valence-corrected chi connectivity index (χ1v) is 23.9. The molecule has 0 unspecified atom stereocenters. The van der Waals surface area contributed by atoms with Gasteiger partial charge >= 0.3 is 6.85 Å². The molecule has 3 aliphatic heterocycles. The fraction of sp³-hybridized carbons (Fsp3) is 0.311. The number of aromatic nitrogens is 1. The Morgan fingerprint density at radius 2 is 1.02 bits per heavy atom. The Labute approximate surface area is 388 Å². The molecule has 0 aliphatic carbocycles. The number of hydrogen-bond donors (Lipinski definition) is 0. The molecule has 0 fully saturated rings. The molecular weight excluding hydrogens is 786 g/mol. The van der Waals surface area contributed by atoms with Crippen molar-refractivity contribution in [2.45, 2.75) is 124 Å². The predicted molar refractivity (Wildman–Crippen MR) is 282 cm³/mol. The minimum absolute atomic E-state index is 0.0146. The van der Waals surface area contributed by atoms with Gasteiger partial charge in [0, 0.05) is 61.2 Å². The van der Waals surface area contributed by atoms with Gasteiger partial charge in [0.25, 0.3) is 0 Å². The zero-order valence-electron chi connectivity index (χ0n) is 41.1. The summed E-state index contributed by atoms with van der Waals surface area (Å²) in [5.41, 5.74) is 23.2. The third-order valence-electron chi connectivity index (χ3n) is 15.2. The Morgan fingerprint density at radius 3 is 1.62 bits per heavy atom. The first kappa shape index (κ1) is 41.7. The maximum atomic E-state index is 2.74. The van der Waals surface area contributed by atoms with Crippen LogP contribution in [0.3, 0.4) is 0 Å². The minimum atomic E-state index is -0.199. The van der Waals surface area contributed by atoms with Crippen LogP contribution in [-0.2, 0) is 27.1 Å². The SMILES string of the molecule is CC(C)(C)c1ccc(N(c2ccc(C(C)(C)C)cc2)c2cc3c4c(c2)N2c5ccccc5C(C)(C)c5cccc(c52)B4n2c4ccc(C(C)(C)C)cc4c4cc(C(C)(C)C)cc-3c42)cc1. The Kier molecular flexibility index (Phi) is 8.68. The van der Waals surface area contributed by atoms with Gasteiger partial charge < -0.3 is 14.3 Å². The van der Waals surface area contributed by atoms with Crippen molar-refractivity contribution in [2.24, 2.45) is 0 Å². The van der Waals surface area contributed by atoms with Crippen molar-refractivity contribution in [1.29, 1.82) is 0 Å². The van der Waals surface area contributed by atoms with Crippen LogP contribution in [0.5, 0.6) is 0 Å². The number of benzene rings is 7. The quantitative estimate of drug-likeness (QED) is 0.164. The van der Waals surface area contributed by atoms with Crippen molar-refractivity contribution in [2.75, 3.05) is 9.80 Å². The molecule has 0 amide bonds.